The van der Waals surface area contributed by atoms with Crippen LogP contribution in [0.4, 0.5) is 4.39 Å². The third kappa shape index (κ3) is 5.57. The number of amides is 1. The molecule has 0 radical (unpaired) electrons. The summed E-state index contributed by atoms with van der Waals surface area (Å²) in [6.45, 7) is 6.71. The van der Waals surface area contributed by atoms with Gasteiger partial charge in [-0.2, -0.15) is 5.10 Å². The molecule has 3 aromatic carbocycles. The lowest BCUT2D eigenvalue weighted by Crippen LogP contribution is -2.34. The molecule has 0 saturated heterocycles. The summed E-state index contributed by atoms with van der Waals surface area (Å²) in [5, 5.41) is 4.76. The van der Waals surface area contributed by atoms with Crippen LogP contribution in [-0.4, -0.2) is 34.2 Å². The number of rotatable bonds is 9. The molecule has 7 heteroatoms. The highest BCUT2D eigenvalue weighted by Crippen LogP contribution is 2.36. The van der Waals surface area contributed by atoms with Crippen LogP contribution in [0.15, 0.2) is 78.9 Å². The molecule has 0 saturated carbocycles. The summed E-state index contributed by atoms with van der Waals surface area (Å²) in [6.07, 6.45) is 0. The predicted octanol–water partition coefficient (Wildman–Crippen LogP) is 6.42. The first-order chi connectivity index (χ1) is 17.4. The largest absolute Gasteiger partial charge is 0.493 e. The molecule has 36 heavy (non-hydrogen) atoms. The van der Waals surface area contributed by atoms with E-state index in [1.165, 1.54) is 12.1 Å². The summed E-state index contributed by atoms with van der Waals surface area (Å²) in [7, 11) is 1.59. The van der Waals surface area contributed by atoms with Gasteiger partial charge in [-0.1, -0.05) is 50.2 Å². The van der Waals surface area contributed by atoms with E-state index in [1.807, 2.05) is 75.4 Å². The molecule has 1 heterocycles. The fourth-order valence-electron chi connectivity index (χ4n) is 4.03. The van der Waals surface area contributed by atoms with Crippen molar-refractivity contribution in [2.75, 3.05) is 13.7 Å². The van der Waals surface area contributed by atoms with Gasteiger partial charge in [-0.15, -0.1) is 0 Å². The number of benzene rings is 3. The van der Waals surface area contributed by atoms with Gasteiger partial charge in [-0.05, 0) is 55.3 Å². The maximum atomic E-state index is 13.9. The van der Waals surface area contributed by atoms with E-state index < -0.39 is 5.82 Å². The lowest BCUT2D eigenvalue weighted by atomic mass is 10.1. The van der Waals surface area contributed by atoms with Crippen LogP contribution in [0.25, 0.3) is 5.69 Å². The first-order valence-electron chi connectivity index (χ1n) is 11.9. The Hall–Kier alpha value is -4.13. The van der Waals surface area contributed by atoms with Crippen molar-refractivity contribution in [2.45, 2.75) is 27.3 Å². The molecule has 1 amide bonds. The number of hydrogen-bond acceptors (Lipinski definition) is 4. The number of aromatic nitrogens is 2. The summed E-state index contributed by atoms with van der Waals surface area (Å²) in [4.78, 5) is 15.2. The Kier molecular flexibility index (Phi) is 7.68. The first kappa shape index (κ1) is 25.0. The zero-order chi connectivity index (χ0) is 25.7. The zero-order valence-electron chi connectivity index (χ0n) is 20.9. The SMILES string of the molecule is COc1ccccc1Oc1c(CN(CC(C)C)C(=O)c2cccc(F)c2)c(C)nn1-c1ccccc1. The van der Waals surface area contributed by atoms with E-state index in [2.05, 4.69) is 0 Å². The van der Waals surface area contributed by atoms with E-state index in [0.717, 1.165) is 16.9 Å². The Balaban J connectivity index is 1.79. The molecule has 1 aromatic heterocycles. The Bertz CT molecular complexity index is 1330. The molecular formula is C29H30FN3O3. The van der Waals surface area contributed by atoms with Gasteiger partial charge >= 0.3 is 0 Å². The molecule has 0 spiro atoms. The fraction of sp³-hybridized carbons (Fsp3) is 0.241. The second-order valence-electron chi connectivity index (χ2n) is 8.96. The van der Waals surface area contributed by atoms with Crippen molar-refractivity contribution >= 4 is 5.91 Å². The number of para-hydroxylation sites is 3. The van der Waals surface area contributed by atoms with Gasteiger partial charge in [-0.3, -0.25) is 4.79 Å². The second-order valence-corrected chi connectivity index (χ2v) is 8.96. The van der Waals surface area contributed by atoms with Gasteiger partial charge in [0.25, 0.3) is 5.91 Å². The summed E-state index contributed by atoms with van der Waals surface area (Å²) in [5.74, 6) is 1.11. The van der Waals surface area contributed by atoms with E-state index in [9.17, 15) is 9.18 Å². The summed E-state index contributed by atoms with van der Waals surface area (Å²) in [6, 6.07) is 22.8. The van der Waals surface area contributed by atoms with Crippen LogP contribution in [-0.2, 0) is 6.54 Å². The Morgan fingerprint density at radius 2 is 1.69 bits per heavy atom. The van der Waals surface area contributed by atoms with Crippen LogP contribution in [0.2, 0.25) is 0 Å². The molecule has 0 fully saturated rings. The van der Waals surface area contributed by atoms with Crippen molar-refractivity contribution < 1.29 is 18.7 Å². The number of carbonyl (C=O) groups excluding carboxylic acids is 1. The minimum Gasteiger partial charge on any atom is -0.493 e. The summed E-state index contributed by atoms with van der Waals surface area (Å²) in [5.41, 5.74) is 2.61. The predicted molar refractivity (Wildman–Crippen MR) is 137 cm³/mol. The Morgan fingerprint density at radius 3 is 2.36 bits per heavy atom. The highest BCUT2D eigenvalue weighted by Gasteiger charge is 2.25. The quantitative estimate of drug-likeness (QED) is 0.273. The van der Waals surface area contributed by atoms with Crippen molar-refractivity contribution in [2.24, 2.45) is 5.92 Å². The zero-order valence-corrected chi connectivity index (χ0v) is 20.9. The van der Waals surface area contributed by atoms with Gasteiger partial charge in [0, 0.05) is 12.1 Å². The minimum atomic E-state index is -0.446. The van der Waals surface area contributed by atoms with Crippen molar-refractivity contribution in [1.82, 2.24) is 14.7 Å². The van der Waals surface area contributed by atoms with E-state index >= 15 is 0 Å². The molecule has 0 unspecified atom stereocenters. The third-order valence-corrected chi connectivity index (χ3v) is 5.71. The van der Waals surface area contributed by atoms with Gasteiger partial charge in [-0.25, -0.2) is 9.07 Å². The maximum Gasteiger partial charge on any atom is 0.254 e. The minimum absolute atomic E-state index is 0.200. The molecule has 0 atom stereocenters. The summed E-state index contributed by atoms with van der Waals surface area (Å²) < 4.78 is 27.6. The second kappa shape index (κ2) is 11.1. The topological polar surface area (TPSA) is 56.6 Å². The van der Waals surface area contributed by atoms with Crippen LogP contribution in [0.5, 0.6) is 17.4 Å². The van der Waals surface area contributed by atoms with Crippen LogP contribution in [0.1, 0.15) is 35.5 Å². The van der Waals surface area contributed by atoms with Crippen LogP contribution in [0.3, 0.4) is 0 Å². The highest BCUT2D eigenvalue weighted by molar-refractivity contribution is 5.94. The average molecular weight is 488 g/mol. The van der Waals surface area contributed by atoms with Crippen molar-refractivity contribution in [3.05, 3.63) is 102 Å². The molecule has 0 aliphatic carbocycles. The number of ether oxygens (including phenoxy) is 2. The number of methoxy groups -OCH3 is 1. The molecule has 4 rings (SSSR count). The van der Waals surface area contributed by atoms with E-state index in [4.69, 9.17) is 14.6 Å². The number of halogens is 1. The van der Waals surface area contributed by atoms with Crippen LogP contribution < -0.4 is 9.47 Å². The molecule has 0 aliphatic rings. The molecule has 0 aliphatic heterocycles. The van der Waals surface area contributed by atoms with Gasteiger partial charge in [0.1, 0.15) is 5.82 Å². The standard InChI is InChI=1S/C29H30FN3O3/c1-20(2)18-32(28(34)22-11-10-12-23(30)17-22)19-25-21(3)31-33(24-13-6-5-7-14-24)29(25)36-27-16-9-8-15-26(27)35-4/h5-17,20H,18-19H2,1-4H3. The lowest BCUT2D eigenvalue weighted by Gasteiger charge is -2.25. The molecular weight excluding hydrogens is 457 g/mol. The van der Waals surface area contributed by atoms with E-state index in [-0.39, 0.29) is 18.4 Å². The van der Waals surface area contributed by atoms with Gasteiger partial charge in [0.2, 0.25) is 5.88 Å². The van der Waals surface area contributed by atoms with E-state index in [1.54, 1.807) is 28.8 Å². The molecule has 0 bridgehead atoms. The van der Waals surface area contributed by atoms with Crippen LogP contribution >= 0.6 is 0 Å². The van der Waals surface area contributed by atoms with Crippen molar-refractivity contribution in [3.63, 3.8) is 0 Å². The number of carbonyl (C=O) groups is 1. The normalized spacial score (nSPS) is 10.9. The van der Waals surface area contributed by atoms with Gasteiger partial charge in [0.15, 0.2) is 11.5 Å². The van der Waals surface area contributed by atoms with E-state index in [0.29, 0.717) is 29.5 Å². The fourth-order valence-corrected chi connectivity index (χ4v) is 4.03. The Morgan fingerprint density at radius 1 is 1.00 bits per heavy atom. The van der Waals surface area contributed by atoms with Crippen molar-refractivity contribution in [1.29, 1.82) is 0 Å². The number of nitrogens with zero attached hydrogens (tertiary/aromatic N) is 3. The lowest BCUT2D eigenvalue weighted by molar-refractivity contribution is 0.0721. The van der Waals surface area contributed by atoms with Crippen LogP contribution in [0, 0.1) is 18.7 Å². The Labute approximate surface area is 210 Å². The van der Waals surface area contributed by atoms with Gasteiger partial charge < -0.3 is 14.4 Å². The van der Waals surface area contributed by atoms with Gasteiger partial charge in [0.05, 0.1) is 30.6 Å². The average Bonchev–Trinajstić information content (AvgIpc) is 3.18. The monoisotopic (exact) mass is 487 g/mol. The number of aryl methyl sites for hydroxylation is 1. The smallest absolute Gasteiger partial charge is 0.254 e. The first-order valence-corrected chi connectivity index (χ1v) is 11.9. The third-order valence-electron chi connectivity index (χ3n) is 5.71. The maximum absolute atomic E-state index is 13.9. The highest BCUT2D eigenvalue weighted by atomic mass is 19.1. The number of hydrogen-bond donors (Lipinski definition) is 0. The molecule has 186 valence electrons. The van der Waals surface area contributed by atoms with Crippen molar-refractivity contribution in [3.8, 4) is 23.1 Å². The molecule has 6 nitrogen and oxygen atoms in total. The molecule has 0 N–H and O–H groups in total. The summed E-state index contributed by atoms with van der Waals surface area (Å²) >= 11 is 0. The molecule has 4 aromatic rings.